The molecule has 0 saturated carbocycles. The maximum atomic E-state index is 2.66. The molecule has 0 N–H and O–H groups in total. The zero-order chi connectivity index (χ0) is 37.1. The maximum absolute atomic E-state index is 2.66. The molecule has 0 radical (unpaired) electrons. The van der Waals surface area contributed by atoms with Crippen LogP contribution in [-0.2, 0) is 16.2 Å². The van der Waals surface area contributed by atoms with Gasteiger partial charge in [0.05, 0.1) is 11.4 Å². The molecule has 7 aromatic carbocycles. The van der Waals surface area contributed by atoms with E-state index in [0.29, 0.717) is 0 Å². The Morgan fingerprint density at radius 1 is 0.500 bits per heavy atom. The molecule has 0 bridgehead atoms. The van der Waals surface area contributed by atoms with E-state index in [1.807, 2.05) is 11.3 Å². The fourth-order valence-electron chi connectivity index (χ4n) is 10.0. The fourth-order valence-corrected chi connectivity index (χ4v) is 11.1. The molecule has 10 rings (SSSR count). The standard InChI is InChI=1S/C52H45NS/c1-50(2,3)46-44-37-23-11-15-25-39(37)51(4,5)47(44)49(48-45(46)38-24-12-16-26-40(38)52(48,6)7)53(41-27-17-13-21-34(41)32-19-9-8-10-20-32)33-29-30-36-35-22-14-18-28-42(35)54-43(36)31-33/h8-31H,1-7H3. The summed E-state index contributed by atoms with van der Waals surface area (Å²) in [5.41, 5.74) is 18.2. The third-order valence-corrected chi connectivity index (χ3v) is 13.4. The lowest BCUT2D eigenvalue weighted by atomic mass is 9.70. The van der Waals surface area contributed by atoms with E-state index in [-0.39, 0.29) is 16.2 Å². The first kappa shape index (κ1) is 33.2. The number of anilines is 3. The van der Waals surface area contributed by atoms with Gasteiger partial charge in [0.2, 0.25) is 0 Å². The second-order valence-corrected chi connectivity index (χ2v) is 18.4. The fraction of sp³-hybridized carbons (Fsp3) is 0.192. The smallest absolute Gasteiger partial charge is 0.0556 e. The van der Waals surface area contributed by atoms with Crippen LogP contribution in [0.3, 0.4) is 0 Å². The van der Waals surface area contributed by atoms with Gasteiger partial charge in [0.15, 0.2) is 0 Å². The predicted molar refractivity (Wildman–Crippen MR) is 233 cm³/mol. The highest BCUT2D eigenvalue weighted by atomic mass is 32.1. The highest BCUT2D eigenvalue weighted by Gasteiger charge is 2.50. The lowest BCUT2D eigenvalue weighted by Gasteiger charge is -2.40. The van der Waals surface area contributed by atoms with Crippen molar-refractivity contribution in [2.24, 2.45) is 0 Å². The molecule has 264 valence electrons. The summed E-state index contributed by atoms with van der Waals surface area (Å²) in [6.45, 7) is 17.1. The molecule has 1 nitrogen and oxygen atoms in total. The molecule has 0 spiro atoms. The number of rotatable bonds is 4. The lowest BCUT2D eigenvalue weighted by molar-refractivity contribution is 0.587. The Bertz CT molecular complexity index is 2720. The molecule has 1 heterocycles. The average molecular weight is 716 g/mol. The van der Waals surface area contributed by atoms with E-state index in [0.717, 1.165) is 0 Å². The average Bonchev–Trinajstić information content (AvgIpc) is 3.74. The van der Waals surface area contributed by atoms with E-state index in [1.165, 1.54) is 98.4 Å². The molecule has 0 atom stereocenters. The van der Waals surface area contributed by atoms with Crippen LogP contribution in [0, 0.1) is 0 Å². The maximum Gasteiger partial charge on any atom is 0.0556 e. The molecule has 0 aliphatic heterocycles. The highest BCUT2D eigenvalue weighted by Crippen LogP contribution is 2.66. The molecule has 2 aliphatic carbocycles. The Hall–Kier alpha value is -5.44. The Labute approximate surface area is 323 Å². The molecule has 0 fully saturated rings. The van der Waals surface area contributed by atoms with E-state index < -0.39 is 0 Å². The van der Waals surface area contributed by atoms with Crippen LogP contribution in [0.25, 0.3) is 53.6 Å². The summed E-state index contributed by atoms with van der Waals surface area (Å²) in [4.78, 5) is 2.66. The van der Waals surface area contributed by atoms with Crippen molar-refractivity contribution in [3.63, 3.8) is 0 Å². The van der Waals surface area contributed by atoms with Gasteiger partial charge in [0.25, 0.3) is 0 Å². The van der Waals surface area contributed by atoms with Gasteiger partial charge in [-0.15, -0.1) is 11.3 Å². The van der Waals surface area contributed by atoms with Gasteiger partial charge in [0, 0.05) is 42.3 Å². The second-order valence-electron chi connectivity index (χ2n) is 17.3. The minimum Gasteiger partial charge on any atom is -0.309 e. The zero-order valence-electron chi connectivity index (χ0n) is 32.2. The van der Waals surface area contributed by atoms with Crippen LogP contribution < -0.4 is 4.90 Å². The zero-order valence-corrected chi connectivity index (χ0v) is 33.0. The molecular formula is C52H45NS. The molecule has 2 heteroatoms. The lowest BCUT2D eigenvalue weighted by Crippen LogP contribution is -2.28. The van der Waals surface area contributed by atoms with Gasteiger partial charge in [-0.05, 0) is 85.3 Å². The molecule has 0 unspecified atom stereocenters. The van der Waals surface area contributed by atoms with Gasteiger partial charge in [-0.3, -0.25) is 0 Å². The molecule has 1 aromatic heterocycles. The number of hydrogen-bond donors (Lipinski definition) is 0. The summed E-state index contributed by atoms with van der Waals surface area (Å²) < 4.78 is 2.63. The largest absolute Gasteiger partial charge is 0.309 e. The number of nitrogens with zero attached hydrogens (tertiary/aromatic N) is 1. The van der Waals surface area contributed by atoms with Crippen molar-refractivity contribution >= 4 is 48.6 Å². The van der Waals surface area contributed by atoms with E-state index in [2.05, 4.69) is 199 Å². The van der Waals surface area contributed by atoms with Crippen molar-refractivity contribution in [3.8, 4) is 33.4 Å². The van der Waals surface area contributed by atoms with Crippen LogP contribution in [0.1, 0.15) is 76.3 Å². The highest BCUT2D eigenvalue weighted by molar-refractivity contribution is 7.25. The summed E-state index contributed by atoms with van der Waals surface area (Å²) in [6.07, 6.45) is 0. The summed E-state index contributed by atoms with van der Waals surface area (Å²) in [7, 11) is 0. The van der Waals surface area contributed by atoms with Crippen LogP contribution >= 0.6 is 11.3 Å². The SMILES string of the molecule is CC(C)(C)c1c2c(c(N(c3ccc4c(c3)sc3ccccc34)c3ccccc3-c3ccccc3)c3c1-c1ccccc1C3(C)C)C(C)(C)c1ccccc1-2. The van der Waals surface area contributed by atoms with Crippen molar-refractivity contribution < 1.29 is 0 Å². The minimum absolute atomic E-state index is 0.115. The number of para-hydroxylation sites is 1. The summed E-state index contributed by atoms with van der Waals surface area (Å²) in [5, 5.41) is 2.64. The quantitative estimate of drug-likeness (QED) is 0.175. The van der Waals surface area contributed by atoms with Crippen LogP contribution in [0.15, 0.2) is 146 Å². The molecule has 0 saturated heterocycles. The van der Waals surface area contributed by atoms with Gasteiger partial charge >= 0.3 is 0 Å². The predicted octanol–water partition coefficient (Wildman–Crippen LogP) is 15.1. The number of benzene rings is 7. The Balaban J connectivity index is 1.43. The second kappa shape index (κ2) is 11.5. The molecule has 2 aliphatic rings. The molecule has 0 amide bonds. The first-order valence-electron chi connectivity index (χ1n) is 19.3. The van der Waals surface area contributed by atoms with Crippen LogP contribution in [-0.4, -0.2) is 0 Å². The Kier molecular flexibility index (Phi) is 7.08. The molecule has 54 heavy (non-hydrogen) atoms. The van der Waals surface area contributed by atoms with Crippen molar-refractivity contribution in [1.29, 1.82) is 0 Å². The van der Waals surface area contributed by atoms with Crippen LogP contribution in [0.2, 0.25) is 0 Å². The van der Waals surface area contributed by atoms with E-state index in [9.17, 15) is 0 Å². The van der Waals surface area contributed by atoms with Gasteiger partial charge < -0.3 is 4.90 Å². The van der Waals surface area contributed by atoms with Crippen molar-refractivity contribution in [2.45, 2.75) is 64.7 Å². The van der Waals surface area contributed by atoms with E-state index >= 15 is 0 Å². The third-order valence-electron chi connectivity index (χ3n) is 12.3. The van der Waals surface area contributed by atoms with Crippen molar-refractivity contribution in [2.75, 3.05) is 4.90 Å². The Morgan fingerprint density at radius 2 is 1.02 bits per heavy atom. The topological polar surface area (TPSA) is 3.24 Å². The number of thiophene rings is 1. The van der Waals surface area contributed by atoms with Crippen LogP contribution in [0.5, 0.6) is 0 Å². The summed E-state index contributed by atoms with van der Waals surface area (Å²) in [5.74, 6) is 0. The summed E-state index contributed by atoms with van der Waals surface area (Å²) >= 11 is 1.89. The Morgan fingerprint density at radius 3 is 1.65 bits per heavy atom. The molecule has 8 aromatic rings. The van der Waals surface area contributed by atoms with Crippen molar-refractivity contribution in [1.82, 2.24) is 0 Å². The monoisotopic (exact) mass is 715 g/mol. The number of fused-ring (bicyclic) bond motifs is 9. The van der Waals surface area contributed by atoms with Gasteiger partial charge in [-0.1, -0.05) is 170 Å². The normalized spacial score (nSPS) is 14.9. The van der Waals surface area contributed by atoms with Gasteiger partial charge in [-0.2, -0.15) is 0 Å². The van der Waals surface area contributed by atoms with Crippen molar-refractivity contribution in [3.05, 3.63) is 173 Å². The number of hydrogen-bond acceptors (Lipinski definition) is 2. The van der Waals surface area contributed by atoms with E-state index in [1.54, 1.807) is 0 Å². The summed E-state index contributed by atoms with van der Waals surface area (Å²) in [6, 6.07) is 54.5. The molecular weight excluding hydrogens is 671 g/mol. The third kappa shape index (κ3) is 4.56. The first-order valence-corrected chi connectivity index (χ1v) is 20.1. The van der Waals surface area contributed by atoms with Gasteiger partial charge in [0.1, 0.15) is 0 Å². The van der Waals surface area contributed by atoms with E-state index in [4.69, 9.17) is 0 Å². The minimum atomic E-state index is -0.261. The van der Waals surface area contributed by atoms with Gasteiger partial charge in [-0.25, -0.2) is 0 Å². The first-order chi connectivity index (χ1) is 26.0. The van der Waals surface area contributed by atoms with Crippen LogP contribution in [0.4, 0.5) is 17.1 Å².